The highest BCUT2D eigenvalue weighted by atomic mass is 16.3. The van der Waals surface area contributed by atoms with Gasteiger partial charge in [0.15, 0.2) is 5.76 Å². The first-order chi connectivity index (χ1) is 7.02. The van der Waals surface area contributed by atoms with Crippen LogP contribution in [0.1, 0.15) is 19.3 Å². The third kappa shape index (κ3) is 1.18. The predicted octanol–water partition coefficient (Wildman–Crippen LogP) is 0.459. The molecule has 0 spiro atoms. The minimum atomic E-state index is -1.58. The first-order valence-electron chi connectivity index (χ1n) is 5.00. The molecule has 0 aliphatic heterocycles. The molecule has 0 bridgehead atoms. The smallest absolute Gasteiger partial charge is 0.229 e. The minimum Gasteiger partial charge on any atom is -0.504 e. The quantitative estimate of drug-likeness (QED) is 0.578. The van der Waals surface area contributed by atoms with Gasteiger partial charge in [-0.25, -0.2) is 0 Å². The number of carbonyl (C=O) groups excluding carboxylic acids is 1. The molecule has 3 unspecified atom stereocenters. The standard InChI is InChI=1S/C11H14O4/c1-2-3-6-8-7(12)4-5-11(8,15)10(14)9(6)13/h2,7-8,12-13,15H,1,3-5H2. The molecule has 0 saturated heterocycles. The average molecular weight is 210 g/mol. The lowest BCUT2D eigenvalue weighted by Crippen LogP contribution is -2.40. The van der Waals surface area contributed by atoms with Gasteiger partial charge < -0.3 is 15.3 Å². The number of aliphatic hydroxyl groups excluding tert-OH is 2. The van der Waals surface area contributed by atoms with Gasteiger partial charge in [0.05, 0.1) is 6.10 Å². The van der Waals surface area contributed by atoms with E-state index in [2.05, 4.69) is 6.58 Å². The summed E-state index contributed by atoms with van der Waals surface area (Å²) in [6, 6.07) is 0. The van der Waals surface area contributed by atoms with Gasteiger partial charge in [-0.05, 0) is 24.8 Å². The highest BCUT2D eigenvalue weighted by molar-refractivity contribution is 6.04. The van der Waals surface area contributed by atoms with Gasteiger partial charge in [-0.1, -0.05) is 6.08 Å². The molecule has 0 aromatic rings. The molecule has 15 heavy (non-hydrogen) atoms. The predicted molar refractivity (Wildman–Crippen MR) is 53.2 cm³/mol. The molecular formula is C11H14O4. The second kappa shape index (κ2) is 3.18. The van der Waals surface area contributed by atoms with Crippen molar-refractivity contribution in [3.8, 4) is 0 Å². The van der Waals surface area contributed by atoms with E-state index in [1.165, 1.54) is 0 Å². The van der Waals surface area contributed by atoms with Gasteiger partial charge >= 0.3 is 0 Å². The fourth-order valence-electron chi connectivity index (χ4n) is 2.66. The summed E-state index contributed by atoms with van der Waals surface area (Å²) in [7, 11) is 0. The van der Waals surface area contributed by atoms with Gasteiger partial charge in [-0.2, -0.15) is 0 Å². The van der Waals surface area contributed by atoms with Gasteiger partial charge in [-0.15, -0.1) is 6.58 Å². The monoisotopic (exact) mass is 210 g/mol. The van der Waals surface area contributed by atoms with Crippen LogP contribution in [0.5, 0.6) is 0 Å². The zero-order valence-corrected chi connectivity index (χ0v) is 8.31. The topological polar surface area (TPSA) is 77.8 Å². The van der Waals surface area contributed by atoms with Crippen LogP contribution in [0.4, 0.5) is 0 Å². The van der Waals surface area contributed by atoms with Crippen LogP contribution in [0.15, 0.2) is 24.0 Å². The van der Waals surface area contributed by atoms with E-state index in [-0.39, 0.29) is 12.2 Å². The van der Waals surface area contributed by atoms with Gasteiger partial charge in [0.1, 0.15) is 5.60 Å². The fraction of sp³-hybridized carbons (Fsp3) is 0.545. The molecule has 4 heteroatoms. The molecule has 0 heterocycles. The highest BCUT2D eigenvalue weighted by Crippen LogP contribution is 2.48. The summed E-state index contributed by atoms with van der Waals surface area (Å²) in [5.74, 6) is -1.69. The first kappa shape index (κ1) is 10.4. The number of allylic oxidation sites excluding steroid dienone is 1. The van der Waals surface area contributed by atoms with Crippen molar-refractivity contribution in [2.75, 3.05) is 0 Å². The SMILES string of the molecule is C=CCC1=C(O)C(=O)C2(O)CCC(O)C12. The van der Waals surface area contributed by atoms with E-state index in [0.29, 0.717) is 18.4 Å². The highest BCUT2D eigenvalue weighted by Gasteiger charge is 2.59. The molecule has 3 atom stereocenters. The molecule has 1 fully saturated rings. The molecule has 3 N–H and O–H groups in total. The summed E-state index contributed by atoms with van der Waals surface area (Å²) in [5.41, 5.74) is -1.16. The van der Waals surface area contributed by atoms with Crippen molar-refractivity contribution in [3.63, 3.8) is 0 Å². The van der Waals surface area contributed by atoms with E-state index < -0.39 is 23.4 Å². The van der Waals surface area contributed by atoms with Crippen molar-refractivity contribution in [2.24, 2.45) is 5.92 Å². The van der Waals surface area contributed by atoms with E-state index >= 15 is 0 Å². The Morgan fingerprint density at radius 2 is 2.27 bits per heavy atom. The molecule has 4 nitrogen and oxygen atoms in total. The number of hydrogen-bond acceptors (Lipinski definition) is 4. The number of fused-ring (bicyclic) bond motifs is 1. The molecule has 1 saturated carbocycles. The van der Waals surface area contributed by atoms with Crippen LogP contribution in [0.25, 0.3) is 0 Å². The normalized spacial score (nSPS) is 39.7. The summed E-state index contributed by atoms with van der Waals surface area (Å²) in [6.45, 7) is 3.53. The van der Waals surface area contributed by atoms with E-state index in [0.717, 1.165) is 0 Å². The maximum atomic E-state index is 11.6. The summed E-state index contributed by atoms with van der Waals surface area (Å²) >= 11 is 0. The van der Waals surface area contributed by atoms with Crippen molar-refractivity contribution in [1.29, 1.82) is 0 Å². The molecule has 2 aliphatic rings. The second-order valence-corrected chi connectivity index (χ2v) is 4.20. The third-order valence-electron chi connectivity index (χ3n) is 3.37. The van der Waals surface area contributed by atoms with Crippen LogP contribution in [0, 0.1) is 5.92 Å². The molecule has 0 aromatic carbocycles. The average Bonchev–Trinajstić information content (AvgIpc) is 2.59. The lowest BCUT2D eigenvalue weighted by Gasteiger charge is -2.23. The van der Waals surface area contributed by atoms with Crippen LogP contribution in [0.2, 0.25) is 0 Å². The van der Waals surface area contributed by atoms with Gasteiger partial charge in [0, 0.05) is 5.92 Å². The van der Waals surface area contributed by atoms with E-state index in [1.807, 2.05) is 0 Å². The van der Waals surface area contributed by atoms with Crippen LogP contribution in [-0.4, -0.2) is 32.8 Å². The van der Waals surface area contributed by atoms with Crippen molar-refractivity contribution in [2.45, 2.75) is 31.0 Å². The van der Waals surface area contributed by atoms with Gasteiger partial charge in [0.2, 0.25) is 5.78 Å². The van der Waals surface area contributed by atoms with Crippen molar-refractivity contribution < 1.29 is 20.1 Å². The molecule has 0 radical (unpaired) electrons. The number of carbonyl (C=O) groups is 1. The van der Waals surface area contributed by atoms with Crippen LogP contribution >= 0.6 is 0 Å². The lowest BCUT2D eigenvalue weighted by atomic mass is 9.87. The maximum Gasteiger partial charge on any atom is 0.229 e. The van der Waals surface area contributed by atoms with Crippen LogP contribution < -0.4 is 0 Å². The lowest BCUT2D eigenvalue weighted by molar-refractivity contribution is -0.136. The zero-order chi connectivity index (χ0) is 11.2. The number of hydrogen-bond donors (Lipinski definition) is 3. The number of aliphatic hydroxyl groups is 3. The first-order valence-corrected chi connectivity index (χ1v) is 5.00. The maximum absolute atomic E-state index is 11.6. The van der Waals surface area contributed by atoms with Crippen molar-refractivity contribution in [1.82, 2.24) is 0 Å². The molecule has 0 amide bonds. The Kier molecular flexibility index (Phi) is 2.20. The van der Waals surface area contributed by atoms with Crippen LogP contribution in [0.3, 0.4) is 0 Å². The molecule has 2 aliphatic carbocycles. The molecular weight excluding hydrogens is 196 g/mol. The summed E-state index contributed by atoms with van der Waals surface area (Å²) < 4.78 is 0. The molecule has 2 rings (SSSR count). The number of ketones is 1. The van der Waals surface area contributed by atoms with E-state index in [9.17, 15) is 20.1 Å². The summed E-state index contributed by atoms with van der Waals surface area (Å²) in [5, 5.41) is 29.4. The van der Waals surface area contributed by atoms with Crippen molar-refractivity contribution in [3.05, 3.63) is 24.0 Å². The Bertz CT molecular complexity index is 358. The third-order valence-corrected chi connectivity index (χ3v) is 3.37. The summed E-state index contributed by atoms with van der Waals surface area (Å²) in [4.78, 5) is 11.6. The molecule has 82 valence electrons. The van der Waals surface area contributed by atoms with E-state index in [4.69, 9.17) is 0 Å². The Labute approximate surface area is 87.5 Å². The minimum absolute atomic E-state index is 0.211. The van der Waals surface area contributed by atoms with Gasteiger partial charge in [-0.3, -0.25) is 4.79 Å². The molecule has 0 aromatic heterocycles. The second-order valence-electron chi connectivity index (χ2n) is 4.20. The zero-order valence-electron chi connectivity index (χ0n) is 8.31. The Hall–Kier alpha value is -1.13. The van der Waals surface area contributed by atoms with E-state index in [1.54, 1.807) is 6.08 Å². The fourth-order valence-corrected chi connectivity index (χ4v) is 2.66. The number of Topliss-reactive ketones (excluding diaryl/α,β-unsaturated/α-hetero) is 1. The Morgan fingerprint density at radius 1 is 1.60 bits per heavy atom. The van der Waals surface area contributed by atoms with Crippen LogP contribution in [-0.2, 0) is 4.79 Å². The Balaban J connectivity index is 2.45. The largest absolute Gasteiger partial charge is 0.504 e. The summed E-state index contributed by atoms with van der Waals surface area (Å²) in [6.07, 6.45) is 1.72. The number of rotatable bonds is 2. The Morgan fingerprint density at radius 3 is 2.87 bits per heavy atom. The van der Waals surface area contributed by atoms with Gasteiger partial charge in [0.25, 0.3) is 0 Å². The van der Waals surface area contributed by atoms with Crippen molar-refractivity contribution >= 4 is 5.78 Å².